The van der Waals surface area contributed by atoms with E-state index in [1.807, 2.05) is 0 Å². The van der Waals surface area contributed by atoms with E-state index in [1.54, 1.807) is 45.2 Å². The lowest BCUT2D eigenvalue weighted by molar-refractivity contribution is -0.164. The van der Waals surface area contributed by atoms with Gasteiger partial charge >= 0.3 is 5.97 Å². The third-order valence-electron chi connectivity index (χ3n) is 2.48. The third kappa shape index (κ3) is 2.33. The van der Waals surface area contributed by atoms with E-state index in [-0.39, 0.29) is 0 Å². The molecule has 1 rings (SSSR count). The molecule has 1 atom stereocenters. The number of carbonyl (C=O) groups is 1. The molecule has 0 aliphatic carbocycles. The molecule has 16 heavy (non-hydrogen) atoms. The van der Waals surface area contributed by atoms with E-state index in [0.29, 0.717) is 17.9 Å². The first-order valence-electron chi connectivity index (χ1n) is 5.06. The highest BCUT2D eigenvalue weighted by molar-refractivity contribution is 5.79. The van der Waals surface area contributed by atoms with Gasteiger partial charge in [0.15, 0.2) is 5.60 Å². The standard InChI is InChI=1S/C12H16O4/c1-4-16-12(2,11(13)14)9-5-7-10(15-3)8-6-9/h5-8H,4H2,1-3H3,(H,13,14). The molecule has 1 N–H and O–H groups in total. The van der Waals surface area contributed by atoms with Crippen LogP contribution in [-0.2, 0) is 15.1 Å². The highest BCUT2D eigenvalue weighted by atomic mass is 16.5. The molecule has 1 aromatic carbocycles. The van der Waals surface area contributed by atoms with Gasteiger partial charge in [-0.15, -0.1) is 0 Å². The molecule has 1 aromatic rings. The average Bonchev–Trinajstić information content (AvgIpc) is 2.29. The van der Waals surface area contributed by atoms with Gasteiger partial charge in [-0.3, -0.25) is 0 Å². The summed E-state index contributed by atoms with van der Waals surface area (Å²) in [7, 11) is 1.56. The molecule has 0 fully saturated rings. The van der Waals surface area contributed by atoms with Crippen LogP contribution in [-0.4, -0.2) is 24.8 Å². The fourth-order valence-corrected chi connectivity index (χ4v) is 1.47. The lowest BCUT2D eigenvalue weighted by Crippen LogP contribution is -2.35. The predicted octanol–water partition coefficient (Wildman–Crippen LogP) is 2.03. The zero-order chi connectivity index (χ0) is 12.2. The first-order chi connectivity index (χ1) is 7.54. The van der Waals surface area contributed by atoms with Crippen molar-refractivity contribution in [1.29, 1.82) is 0 Å². The summed E-state index contributed by atoms with van der Waals surface area (Å²) in [5.41, 5.74) is -0.705. The Kier molecular flexibility index (Phi) is 3.90. The highest BCUT2D eigenvalue weighted by Gasteiger charge is 2.35. The Morgan fingerprint density at radius 2 is 1.94 bits per heavy atom. The van der Waals surface area contributed by atoms with Gasteiger partial charge in [-0.1, -0.05) is 12.1 Å². The molecule has 0 aromatic heterocycles. The number of carboxylic acid groups (broad SMARTS) is 1. The molecule has 0 amide bonds. The van der Waals surface area contributed by atoms with Crippen molar-refractivity contribution in [3.63, 3.8) is 0 Å². The number of rotatable bonds is 5. The van der Waals surface area contributed by atoms with Crippen LogP contribution >= 0.6 is 0 Å². The van der Waals surface area contributed by atoms with Gasteiger partial charge in [-0.2, -0.15) is 0 Å². The van der Waals surface area contributed by atoms with Crippen molar-refractivity contribution in [2.24, 2.45) is 0 Å². The molecule has 0 spiro atoms. The second kappa shape index (κ2) is 4.99. The highest BCUT2D eigenvalue weighted by Crippen LogP contribution is 2.27. The maximum absolute atomic E-state index is 11.2. The first-order valence-corrected chi connectivity index (χ1v) is 5.06. The predicted molar refractivity (Wildman–Crippen MR) is 59.6 cm³/mol. The van der Waals surface area contributed by atoms with Crippen molar-refractivity contribution in [2.45, 2.75) is 19.4 Å². The summed E-state index contributed by atoms with van der Waals surface area (Å²) >= 11 is 0. The molecule has 0 saturated heterocycles. The summed E-state index contributed by atoms with van der Waals surface area (Å²) in [4.78, 5) is 11.2. The van der Waals surface area contributed by atoms with Crippen molar-refractivity contribution < 1.29 is 19.4 Å². The van der Waals surface area contributed by atoms with Gasteiger partial charge in [0.05, 0.1) is 7.11 Å². The zero-order valence-electron chi connectivity index (χ0n) is 9.69. The van der Waals surface area contributed by atoms with Crippen molar-refractivity contribution in [3.05, 3.63) is 29.8 Å². The van der Waals surface area contributed by atoms with E-state index in [4.69, 9.17) is 9.47 Å². The van der Waals surface area contributed by atoms with Crippen LogP contribution in [0, 0.1) is 0 Å². The molecule has 0 bridgehead atoms. The minimum Gasteiger partial charge on any atom is -0.497 e. The van der Waals surface area contributed by atoms with E-state index in [2.05, 4.69) is 0 Å². The number of hydrogen-bond acceptors (Lipinski definition) is 3. The Balaban J connectivity index is 3.06. The number of benzene rings is 1. The van der Waals surface area contributed by atoms with Crippen molar-refractivity contribution in [1.82, 2.24) is 0 Å². The number of aliphatic carboxylic acids is 1. The quantitative estimate of drug-likeness (QED) is 0.831. The summed E-state index contributed by atoms with van der Waals surface area (Å²) in [6, 6.07) is 6.83. The Morgan fingerprint density at radius 3 is 2.31 bits per heavy atom. The van der Waals surface area contributed by atoms with Crippen LogP contribution in [0.2, 0.25) is 0 Å². The molecule has 0 heterocycles. The van der Waals surface area contributed by atoms with Gasteiger partial charge in [0.2, 0.25) is 0 Å². The fraction of sp³-hybridized carbons (Fsp3) is 0.417. The SMILES string of the molecule is CCOC(C)(C(=O)O)c1ccc(OC)cc1. The molecule has 4 nitrogen and oxygen atoms in total. The zero-order valence-corrected chi connectivity index (χ0v) is 9.69. The van der Waals surface area contributed by atoms with Gasteiger partial charge in [-0.05, 0) is 31.5 Å². The van der Waals surface area contributed by atoms with Crippen molar-refractivity contribution in [2.75, 3.05) is 13.7 Å². The summed E-state index contributed by atoms with van der Waals surface area (Å²) in [6.45, 7) is 3.65. The molecule has 0 saturated carbocycles. The third-order valence-corrected chi connectivity index (χ3v) is 2.48. The van der Waals surface area contributed by atoms with E-state index < -0.39 is 11.6 Å². The minimum absolute atomic E-state index is 0.342. The largest absolute Gasteiger partial charge is 0.497 e. The van der Waals surface area contributed by atoms with Crippen LogP contribution in [0.15, 0.2) is 24.3 Å². The van der Waals surface area contributed by atoms with E-state index in [9.17, 15) is 9.90 Å². The summed E-state index contributed by atoms with van der Waals surface area (Å²) in [5, 5.41) is 9.19. The van der Waals surface area contributed by atoms with Crippen LogP contribution in [0.25, 0.3) is 0 Å². The molecular weight excluding hydrogens is 208 g/mol. The Bertz CT molecular complexity index is 358. The summed E-state index contributed by atoms with van der Waals surface area (Å²) in [5.74, 6) is -0.312. The van der Waals surface area contributed by atoms with Crippen LogP contribution in [0.3, 0.4) is 0 Å². The first kappa shape index (κ1) is 12.5. The summed E-state index contributed by atoms with van der Waals surface area (Å²) in [6.07, 6.45) is 0. The molecule has 1 unspecified atom stereocenters. The van der Waals surface area contributed by atoms with Gasteiger partial charge in [0, 0.05) is 6.61 Å². The number of ether oxygens (including phenoxy) is 2. The van der Waals surface area contributed by atoms with E-state index in [1.165, 1.54) is 0 Å². The van der Waals surface area contributed by atoms with Crippen molar-refractivity contribution in [3.8, 4) is 5.75 Å². The number of hydrogen-bond donors (Lipinski definition) is 1. The van der Waals surface area contributed by atoms with Crippen LogP contribution < -0.4 is 4.74 Å². The molecule has 0 aliphatic heterocycles. The average molecular weight is 224 g/mol. The van der Waals surface area contributed by atoms with Gasteiger partial charge < -0.3 is 14.6 Å². The normalized spacial score (nSPS) is 14.2. The molecule has 4 heteroatoms. The minimum atomic E-state index is -1.30. The van der Waals surface area contributed by atoms with E-state index in [0.717, 1.165) is 0 Å². The monoisotopic (exact) mass is 224 g/mol. The second-order valence-corrected chi connectivity index (χ2v) is 3.50. The van der Waals surface area contributed by atoms with Crippen LogP contribution in [0.4, 0.5) is 0 Å². The topological polar surface area (TPSA) is 55.8 Å². The number of methoxy groups -OCH3 is 1. The maximum Gasteiger partial charge on any atom is 0.340 e. The number of carboxylic acids is 1. The molecular formula is C12H16O4. The van der Waals surface area contributed by atoms with Gasteiger partial charge in [0.1, 0.15) is 5.75 Å². The Labute approximate surface area is 94.8 Å². The van der Waals surface area contributed by atoms with Gasteiger partial charge in [0.25, 0.3) is 0 Å². The molecule has 88 valence electrons. The molecule has 0 radical (unpaired) electrons. The van der Waals surface area contributed by atoms with Crippen molar-refractivity contribution >= 4 is 5.97 Å². The Hall–Kier alpha value is -1.55. The van der Waals surface area contributed by atoms with Crippen LogP contribution in [0.5, 0.6) is 5.75 Å². The summed E-state index contributed by atoms with van der Waals surface area (Å²) < 4.78 is 10.3. The molecule has 0 aliphatic rings. The Morgan fingerprint density at radius 1 is 1.38 bits per heavy atom. The van der Waals surface area contributed by atoms with Gasteiger partial charge in [-0.25, -0.2) is 4.79 Å². The fourth-order valence-electron chi connectivity index (χ4n) is 1.47. The lowest BCUT2D eigenvalue weighted by Gasteiger charge is -2.25. The smallest absolute Gasteiger partial charge is 0.340 e. The second-order valence-electron chi connectivity index (χ2n) is 3.50. The van der Waals surface area contributed by atoms with Crippen LogP contribution in [0.1, 0.15) is 19.4 Å². The maximum atomic E-state index is 11.2. The van der Waals surface area contributed by atoms with E-state index >= 15 is 0 Å². The lowest BCUT2D eigenvalue weighted by atomic mass is 9.96.